The average Bonchev–Trinajstić information content (AvgIpc) is 2.56. The topological polar surface area (TPSA) is 3.88 Å². The van der Waals surface area contributed by atoms with Crippen LogP contribution in [0.1, 0.15) is 11.1 Å². The zero-order valence-corrected chi connectivity index (χ0v) is 16.3. The van der Waals surface area contributed by atoms with Crippen LogP contribution in [0.4, 0.5) is 0 Å². The molecule has 3 rings (SSSR count). The fourth-order valence-corrected chi connectivity index (χ4v) is 5.70. The van der Waals surface area contributed by atoms with Crippen LogP contribution in [0.5, 0.6) is 0 Å². The monoisotopic (exact) mass is 332 g/mol. The Morgan fingerprint density at radius 3 is 2.17 bits per heavy atom. The van der Waals surface area contributed by atoms with E-state index >= 15 is 0 Å². The number of aromatic nitrogens is 1. The molecule has 0 aliphatic heterocycles. The number of pyridine rings is 1. The Bertz CT molecular complexity index is 866. The summed E-state index contributed by atoms with van der Waals surface area (Å²) in [5.74, 6) is 0. The van der Waals surface area contributed by atoms with E-state index in [9.17, 15) is 0 Å². The minimum atomic E-state index is -1.68. The van der Waals surface area contributed by atoms with Gasteiger partial charge in [0.1, 0.15) is 15.1 Å². The van der Waals surface area contributed by atoms with Gasteiger partial charge in [-0.3, -0.25) is 0 Å². The Kier molecular flexibility index (Phi) is 4.42. The van der Waals surface area contributed by atoms with E-state index in [4.69, 9.17) is 0 Å². The molecule has 0 amide bonds. The molecule has 122 valence electrons. The zero-order chi connectivity index (χ0) is 17.3. The highest BCUT2D eigenvalue weighted by molar-refractivity contribution is 7.00. The minimum absolute atomic E-state index is 1.29. The number of rotatable bonds is 3. The van der Waals surface area contributed by atoms with Crippen LogP contribution in [0.25, 0.3) is 11.3 Å². The standard InChI is InChI=1S/C22H26NSi/c1-17-11-12-21(18(2)15-17)22-16-20(13-14-23(22)3)24(4,5)19-9-7-6-8-10-19/h6-16H,1-5H3/q+1. The summed E-state index contributed by atoms with van der Waals surface area (Å²) in [5.41, 5.74) is 5.26. The number of hydrogen-bond donors (Lipinski definition) is 0. The second-order valence-corrected chi connectivity index (χ2v) is 11.6. The smallest absolute Gasteiger partial charge is 0.201 e. The second kappa shape index (κ2) is 6.37. The van der Waals surface area contributed by atoms with Gasteiger partial charge in [0.05, 0.1) is 0 Å². The first-order valence-electron chi connectivity index (χ1n) is 8.53. The van der Waals surface area contributed by atoms with Gasteiger partial charge >= 0.3 is 0 Å². The van der Waals surface area contributed by atoms with Crippen molar-refractivity contribution in [3.05, 3.63) is 78.0 Å². The number of aryl methyl sites for hydroxylation is 3. The van der Waals surface area contributed by atoms with E-state index in [1.165, 1.54) is 32.8 Å². The first-order valence-corrected chi connectivity index (χ1v) is 11.5. The number of benzene rings is 2. The third-order valence-corrected chi connectivity index (χ3v) is 8.56. The fraction of sp³-hybridized carbons (Fsp3) is 0.227. The average molecular weight is 333 g/mol. The van der Waals surface area contributed by atoms with Gasteiger partial charge in [0, 0.05) is 17.7 Å². The number of hydrogen-bond acceptors (Lipinski definition) is 0. The predicted molar refractivity (Wildman–Crippen MR) is 106 cm³/mol. The minimum Gasteiger partial charge on any atom is -0.201 e. The molecule has 0 spiro atoms. The highest BCUT2D eigenvalue weighted by Gasteiger charge is 2.28. The molecule has 1 heterocycles. The van der Waals surface area contributed by atoms with Crippen molar-refractivity contribution < 1.29 is 4.57 Å². The number of nitrogens with zero attached hydrogens (tertiary/aromatic N) is 1. The van der Waals surface area contributed by atoms with Crippen LogP contribution in [0.15, 0.2) is 66.9 Å². The van der Waals surface area contributed by atoms with Gasteiger partial charge in [-0.15, -0.1) is 0 Å². The van der Waals surface area contributed by atoms with Crippen LogP contribution in [0.3, 0.4) is 0 Å². The molecule has 0 aliphatic rings. The van der Waals surface area contributed by atoms with Crippen LogP contribution in [-0.4, -0.2) is 8.07 Å². The van der Waals surface area contributed by atoms with Crippen molar-refractivity contribution in [2.24, 2.45) is 7.05 Å². The Hall–Kier alpha value is -2.19. The van der Waals surface area contributed by atoms with Crippen molar-refractivity contribution in [1.82, 2.24) is 0 Å². The SMILES string of the molecule is Cc1ccc(-c2cc([Si](C)(C)c3ccccc3)cc[n+]2C)c(C)c1. The highest BCUT2D eigenvalue weighted by Crippen LogP contribution is 2.21. The quantitative estimate of drug-likeness (QED) is 0.509. The third-order valence-electron chi connectivity index (χ3n) is 5.02. The summed E-state index contributed by atoms with van der Waals surface area (Å²) < 4.78 is 2.23. The maximum Gasteiger partial charge on any atom is 0.212 e. The molecule has 0 unspecified atom stereocenters. The van der Waals surface area contributed by atoms with Crippen LogP contribution in [-0.2, 0) is 7.05 Å². The summed E-state index contributed by atoms with van der Waals surface area (Å²) in [6.45, 7) is 9.22. The van der Waals surface area contributed by atoms with Gasteiger partial charge in [-0.1, -0.05) is 66.3 Å². The van der Waals surface area contributed by atoms with Crippen molar-refractivity contribution >= 4 is 18.4 Å². The lowest BCUT2D eigenvalue weighted by Gasteiger charge is -2.23. The fourth-order valence-electron chi connectivity index (χ4n) is 3.35. The van der Waals surface area contributed by atoms with Crippen LogP contribution in [0, 0.1) is 13.8 Å². The summed E-state index contributed by atoms with van der Waals surface area (Å²) in [5, 5.41) is 2.95. The van der Waals surface area contributed by atoms with E-state index in [0.29, 0.717) is 0 Å². The van der Waals surface area contributed by atoms with E-state index in [-0.39, 0.29) is 0 Å². The maximum absolute atomic E-state index is 2.43. The summed E-state index contributed by atoms with van der Waals surface area (Å²) >= 11 is 0. The molecule has 2 heteroatoms. The molecule has 0 atom stereocenters. The molecule has 0 fully saturated rings. The summed E-state index contributed by atoms with van der Waals surface area (Å²) in [6, 6.07) is 22.4. The van der Waals surface area contributed by atoms with Crippen LogP contribution >= 0.6 is 0 Å². The molecule has 0 saturated carbocycles. The molecule has 0 bridgehead atoms. The molecular formula is C22H26NSi+. The highest BCUT2D eigenvalue weighted by atomic mass is 28.3. The largest absolute Gasteiger partial charge is 0.212 e. The second-order valence-electron chi connectivity index (χ2n) is 7.22. The Labute approximate surface area is 146 Å². The molecule has 0 saturated heterocycles. The lowest BCUT2D eigenvalue weighted by molar-refractivity contribution is -0.660. The van der Waals surface area contributed by atoms with Gasteiger partial charge in [-0.25, -0.2) is 4.57 Å². The molecule has 3 aromatic rings. The molecular weight excluding hydrogens is 306 g/mol. The Balaban J connectivity index is 2.13. The van der Waals surface area contributed by atoms with Gasteiger partial charge in [-0.05, 0) is 30.7 Å². The summed E-state index contributed by atoms with van der Waals surface area (Å²) in [7, 11) is 0.450. The summed E-state index contributed by atoms with van der Waals surface area (Å²) in [6.07, 6.45) is 2.21. The molecule has 1 aromatic heterocycles. The van der Waals surface area contributed by atoms with E-state index < -0.39 is 8.07 Å². The Morgan fingerprint density at radius 2 is 1.50 bits per heavy atom. The van der Waals surface area contributed by atoms with E-state index in [2.05, 4.69) is 105 Å². The van der Waals surface area contributed by atoms with Crippen molar-refractivity contribution in [2.45, 2.75) is 26.9 Å². The lowest BCUT2D eigenvalue weighted by atomic mass is 10.0. The third kappa shape index (κ3) is 3.07. The first kappa shape index (κ1) is 16.7. The van der Waals surface area contributed by atoms with Crippen LogP contribution < -0.4 is 14.9 Å². The molecule has 0 aliphatic carbocycles. The van der Waals surface area contributed by atoms with Crippen molar-refractivity contribution in [3.8, 4) is 11.3 Å². The van der Waals surface area contributed by atoms with Crippen LogP contribution in [0.2, 0.25) is 13.1 Å². The van der Waals surface area contributed by atoms with E-state index in [1.807, 2.05) is 0 Å². The Morgan fingerprint density at radius 1 is 0.792 bits per heavy atom. The van der Waals surface area contributed by atoms with Crippen molar-refractivity contribution in [3.63, 3.8) is 0 Å². The van der Waals surface area contributed by atoms with Gasteiger partial charge in [0.25, 0.3) is 0 Å². The first-order chi connectivity index (χ1) is 11.4. The summed E-state index contributed by atoms with van der Waals surface area (Å²) in [4.78, 5) is 0. The van der Waals surface area contributed by atoms with E-state index in [0.717, 1.165) is 0 Å². The van der Waals surface area contributed by atoms with Crippen molar-refractivity contribution in [2.75, 3.05) is 0 Å². The molecule has 24 heavy (non-hydrogen) atoms. The molecule has 1 nitrogen and oxygen atoms in total. The molecule has 0 N–H and O–H groups in total. The van der Waals surface area contributed by atoms with Gasteiger partial charge in [0.15, 0.2) is 6.20 Å². The van der Waals surface area contributed by atoms with Crippen molar-refractivity contribution in [1.29, 1.82) is 0 Å². The van der Waals surface area contributed by atoms with Gasteiger partial charge in [-0.2, -0.15) is 0 Å². The molecule has 0 radical (unpaired) electrons. The van der Waals surface area contributed by atoms with Gasteiger partial charge in [0.2, 0.25) is 5.69 Å². The normalized spacial score (nSPS) is 11.5. The predicted octanol–water partition coefficient (Wildman–Crippen LogP) is 3.62. The van der Waals surface area contributed by atoms with Gasteiger partial charge < -0.3 is 0 Å². The molecule has 2 aromatic carbocycles. The lowest BCUT2D eigenvalue weighted by Crippen LogP contribution is -2.54. The van der Waals surface area contributed by atoms with E-state index in [1.54, 1.807) is 0 Å². The maximum atomic E-state index is 2.43. The zero-order valence-electron chi connectivity index (χ0n) is 15.3.